The van der Waals surface area contributed by atoms with E-state index in [0.717, 1.165) is 5.56 Å². The maximum Gasteiger partial charge on any atom is 0.303 e. The fourth-order valence-corrected chi connectivity index (χ4v) is 2.35. The molecule has 1 unspecified atom stereocenters. The summed E-state index contributed by atoms with van der Waals surface area (Å²) in [7, 11) is 0. The van der Waals surface area contributed by atoms with Crippen LogP contribution in [0.15, 0.2) is 10.8 Å². The molecule has 0 bridgehead atoms. The molecule has 0 aliphatic rings. The van der Waals surface area contributed by atoms with Crippen LogP contribution in [0.2, 0.25) is 0 Å². The number of carbonyl (C=O) groups excluding carboxylic acids is 1. The summed E-state index contributed by atoms with van der Waals surface area (Å²) in [6.07, 6.45) is 1.41. The molecule has 1 amide bonds. The number of thiophene rings is 1. The van der Waals surface area contributed by atoms with E-state index < -0.39 is 5.97 Å². The molecule has 94 valence electrons. The number of carbonyl (C=O) groups is 2. The second-order valence-corrected chi connectivity index (χ2v) is 4.87. The van der Waals surface area contributed by atoms with Crippen molar-refractivity contribution in [1.29, 1.82) is 0 Å². The van der Waals surface area contributed by atoms with Crippen LogP contribution >= 0.6 is 11.3 Å². The van der Waals surface area contributed by atoms with Gasteiger partial charge in [0, 0.05) is 17.8 Å². The quantitative estimate of drug-likeness (QED) is 0.820. The van der Waals surface area contributed by atoms with Gasteiger partial charge in [0.2, 0.25) is 0 Å². The van der Waals surface area contributed by atoms with Gasteiger partial charge in [-0.25, -0.2) is 0 Å². The van der Waals surface area contributed by atoms with Crippen molar-refractivity contribution in [2.75, 3.05) is 0 Å². The van der Waals surface area contributed by atoms with Crippen LogP contribution in [0.1, 0.15) is 42.1 Å². The van der Waals surface area contributed by atoms with E-state index in [1.807, 2.05) is 24.6 Å². The number of amides is 1. The van der Waals surface area contributed by atoms with Crippen LogP contribution < -0.4 is 5.32 Å². The van der Waals surface area contributed by atoms with Gasteiger partial charge in [-0.2, -0.15) is 11.3 Å². The molecule has 1 rings (SSSR count). The molecule has 2 N–H and O–H groups in total. The molecule has 0 saturated carbocycles. The van der Waals surface area contributed by atoms with Crippen molar-refractivity contribution < 1.29 is 14.7 Å². The zero-order valence-electron chi connectivity index (χ0n) is 10.0. The highest BCUT2D eigenvalue weighted by Crippen LogP contribution is 2.13. The predicted octanol–water partition coefficient (Wildman–Crippen LogP) is 2.43. The molecule has 0 saturated heterocycles. The van der Waals surface area contributed by atoms with E-state index >= 15 is 0 Å². The molecule has 1 aromatic rings. The SMILES string of the molecule is Cc1cscc1C(=O)NC(C)CCCC(=O)O. The Labute approximate surface area is 105 Å². The first-order valence-electron chi connectivity index (χ1n) is 5.56. The van der Waals surface area contributed by atoms with Gasteiger partial charge in [0.15, 0.2) is 0 Å². The van der Waals surface area contributed by atoms with E-state index in [9.17, 15) is 9.59 Å². The summed E-state index contributed by atoms with van der Waals surface area (Å²) in [5, 5.41) is 15.1. The van der Waals surface area contributed by atoms with Crippen molar-refractivity contribution in [2.45, 2.75) is 39.2 Å². The number of aliphatic carboxylic acids is 1. The standard InChI is InChI=1S/C12H17NO3S/c1-8-6-17-7-10(8)12(16)13-9(2)4-3-5-11(14)15/h6-7,9H,3-5H2,1-2H3,(H,13,16)(H,14,15). The van der Waals surface area contributed by atoms with E-state index in [1.165, 1.54) is 11.3 Å². The summed E-state index contributed by atoms with van der Waals surface area (Å²) in [5.74, 6) is -0.871. The summed E-state index contributed by atoms with van der Waals surface area (Å²) in [5.41, 5.74) is 1.69. The Kier molecular flexibility index (Phi) is 5.15. The van der Waals surface area contributed by atoms with Crippen molar-refractivity contribution in [2.24, 2.45) is 0 Å². The second-order valence-electron chi connectivity index (χ2n) is 4.13. The second kappa shape index (κ2) is 6.39. The Morgan fingerprint density at radius 2 is 2.18 bits per heavy atom. The Bertz CT molecular complexity index is 400. The van der Waals surface area contributed by atoms with E-state index in [0.29, 0.717) is 18.4 Å². The lowest BCUT2D eigenvalue weighted by molar-refractivity contribution is -0.137. The predicted molar refractivity (Wildman–Crippen MR) is 67.5 cm³/mol. The average molecular weight is 255 g/mol. The number of carboxylic acids is 1. The van der Waals surface area contributed by atoms with Gasteiger partial charge in [0.1, 0.15) is 0 Å². The lowest BCUT2D eigenvalue weighted by Gasteiger charge is -2.13. The third-order valence-corrected chi connectivity index (χ3v) is 3.37. The summed E-state index contributed by atoms with van der Waals surface area (Å²) in [6, 6.07) is 0.00106. The summed E-state index contributed by atoms with van der Waals surface area (Å²) in [6.45, 7) is 3.79. The molecule has 1 heterocycles. The topological polar surface area (TPSA) is 66.4 Å². The zero-order chi connectivity index (χ0) is 12.8. The van der Waals surface area contributed by atoms with Gasteiger partial charge in [-0.15, -0.1) is 0 Å². The molecule has 1 aromatic heterocycles. The van der Waals surface area contributed by atoms with Gasteiger partial charge < -0.3 is 10.4 Å². The van der Waals surface area contributed by atoms with Crippen LogP contribution in [0.4, 0.5) is 0 Å². The van der Waals surface area contributed by atoms with Crippen LogP contribution in [0, 0.1) is 6.92 Å². The van der Waals surface area contributed by atoms with Crippen molar-refractivity contribution in [3.63, 3.8) is 0 Å². The molecule has 0 aliphatic heterocycles. The van der Waals surface area contributed by atoms with E-state index in [4.69, 9.17) is 5.11 Å². The Morgan fingerprint density at radius 1 is 1.47 bits per heavy atom. The molecule has 5 heteroatoms. The monoisotopic (exact) mass is 255 g/mol. The minimum absolute atomic E-state index is 0.00106. The number of aryl methyl sites for hydroxylation is 1. The van der Waals surface area contributed by atoms with Gasteiger partial charge in [0.25, 0.3) is 5.91 Å². The summed E-state index contributed by atoms with van der Waals surface area (Å²) < 4.78 is 0. The van der Waals surface area contributed by atoms with Gasteiger partial charge in [0.05, 0.1) is 5.56 Å². The molecule has 0 spiro atoms. The Hall–Kier alpha value is -1.36. The maximum absolute atomic E-state index is 11.8. The number of carboxylic acid groups (broad SMARTS) is 1. The molecule has 4 nitrogen and oxygen atoms in total. The van der Waals surface area contributed by atoms with Crippen molar-refractivity contribution >= 4 is 23.2 Å². The molecule has 1 atom stereocenters. The number of hydrogen-bond donors (Lipinski definition) is 2. The number of rotatable bonds is 6. The molecule has 0 radical (unpaired) electrons. The first kappa shape index (κ1) is 13.7. The fourth-order valence-electron chi connectivity index (χ4n) is 1.53. The van der Waals surface area contributed by atoms with Gasteiger partial charge in [-0.3, -0.25) is 9.59 Å². The Morgan fingerprint density at radius 3 is 2.71 bits per heavy atom. The van der Waals surface area contributed by atoms with E-state index in [2.05, 4.69) is 5.32 Å². The molecule has 0 aliphatic carbocycles. The van der Waals surface area contributed by atoms with E-state index in [-0.39, 0.29) is 18.4 Å². The zero-order valence-corrected chi connectivity index (χ0v) is 10.8. The summed E-state index contributed by atoms with van der Waals surface area (Å²) in [4.78, 5) is 22.2. The minimum atomic E-state index is -0.794. The van der Waals surface area contributed by atoms with Gasteiger partial charge in [-0.05, 0) is 37.6 Å². The highest BCUT2D eigenvalue weighted by Gasteiger charge is 2.12. The lowest BCUT2D eigenvalue weighted by Crippen LogP contribution is -2.32. The molecule has 17 heavy (non-hydrogen) atoms. The first-order chi connectivity index (χ1) is 8.00. The smallest absolute Gasteiger partial charge is 0.303 e. The fraction of sp³-hybridized carbons (Fsp3) is 0.500. The van der Waals surface area contributed by atoms with Crippen LogP contribution in [0.5, 0.6) is 0 Å². The Balaban J connectivity index is 2.36. The van der Waals surface area contributed by atoms with Crippen molar-refractivity contribution in [3.05, 3.63) is 21.9 Å². The van der Waals surface area contributed by atoms with Crippen LogP contribution in [-0.2, 0) is 4.79 Å². The molecular weight excluding hydrogens is 238 g/mol. The normalized spacial score (nSPS) is 12.1. The van der Waals surface area contributed by atoms with Gasteiger partial charge in [-0.1, -0.05) is 0 Å². The van der Waals surface area contributed by atoms with Crippen molar-refractivity contribution in [3.8, 4) is 0 Å². The maximum atomic E-state index is 11.8. The number of nitrogens with one attached hydrogen (secondary N) is 1. The van der Waals surface area contributed by atoms with Crippen LogP contribution in [0.3, 0.4) is 0 Å². The third-order valence-electron chi connectivity index (χ3n) is 2.51. The van der Waals surface area contributed by atoms with E-state index in [1.54, 1.807) is 0 Å². The minimum Gasteiger partial charge on any atom is -0.481 e. The largest absolute Gasteiger partial charge is 0.481 e. The highest BCUT2D eigenvalue weighted by molar-refractivity contribution is 7.08. The van der Waals surface area contributed by atoms with Crippen molar-refractivity contribution in [1.82, 2.24) is 5.32 Å². The molecular formula is C12H17NO3S. The third kappa shape index (κ3) is 4.56. The molecule has 0 fully saturated rings. The first-order valence-corrected chi connectivity index (χ1v) is 6.50. The lowest BCUT2D eigenvalue weighted by atomic mass is 10.1. The average Bonchev–Trinajstić information content (AvgIpc) is 2.63. The molecule has 0 aromatic carbocycles. The number of hydrogen-bond acceptors (Lipinski definition) is 3. The van der Waals surface area contributed by atoms with Crippen LogP contribution in [-0.4, -0.2) is 23.0 Å². The summed E-state index contributed by atoms with van der Waals surface area (Å²) >= 11 is 1.50. The van der Waals surface area contributed by atoms with Gasteiger partial charge >= 0.3 is 5.97 Å². The van der Waals surface area contributed by atoms with Crippen LogP contribution in [0.25, 0.3) is 0 Å². The highest BCUT2D eigenvalue weighted by atomic mass is 32.1.